The molecule has 0 aliphatic carbocycles. The van der Waals surface area contributed by atoms with Crippen molar-refractivity contribution in [1.29, 1.82) is 0 Å². The van der Waals surface area contributed by atoms with E-state index in [0.29, 0.717) is 28.8 Å². The quantitative estimate of drug-likeness (QED) is 0.792. The smallest absolute Gasteiger partial charge is 0.340 e. The van der Waals surface area contributed by atoms with E-state index in [1.54, 1.807) is 26.0 Å². The molecule has 16 heavy (non-hydrogen) atoms. The zero-order valence-electron chi connectivity index (χ0n) is 9.13. The Balaban J connectivity index is 2.65. The Morgan fingerprint density at radius 2 is 2.25 bits per heavy atom. The normalized spacial score (nSPS) is 10.7. The molecule has 0 aliphatic heterocycles. The van der Waals surface area contributed by atoms with Gasteiger partial charge in [-0.05, 0) is 19.9 Å². The van der Waals surface area contributed by atoms with Gasteiger partial charge in [-0.15, -0.1) is 0 Å². The van der Waals surface area contributed by atoms with Gasteiger partial charge in [0.1, 0.15) is 5.82 Å². The van der Waals surface area contributed by atoms with E-state index in [4.69, 9.17) is 4.74 Å². The number of aromatic amines is 1. The van der Waals surface area contributed by atoms with Crippen LogP contribution >= 0.6 is 0 Å². The average molecular weight is 221 g/mol. The Kier molecular flexibility index (Phi) is 2.64. The van der Waals surface area contributed by atoms with Crippen molar-refractivity contribution in [3.63, 3.8) is 0 Å². The zero-order chi connectivity index (χ0) is 11.7. The predicted octanol–water partition coefficient (Wildman–Crippen LogP) is 2.79. The molecule has 1 aromatic carbocycles. The van der Waals surface area contributed by atoms with Crippen LogP contribution in [-0.4, -0.2) is 17.6 Å². The lowest BCUT2D eigenvalue weighted by Crippen LogP contribution is -2.05. The molecule has 0 fully saturated rings. The van der Waals surface area contributed by atoms with Crippen molar-refractivity contribution >= 4 is 16.9 Å². The number of H-pyrrole nitrogens is 1. The monoisotopic (exact) mass is 221 g/mol. The van der Waals surface area contributed by atoms with E-state index in [0.717, 1.165) is 0 Å². The van der Waals surface area contributed by atoms with Crippen molar-refractivity contribution < 1.29 is 13.9 Å². The third-order valence-corrected chi connectivity index (χ3v) is 2.45. The Hall–Kier alpha value is -1.84. The van der Waals surface area contributed by atoms with Crippen LogP contribution in [0, 0.1) is 12.7 Å². The second-order valence-electron chi connectivity index (χ2n) is 3.51. The number of nitrogens with one attached hydrogen (secondary N) is 1. The van der Waals surface area contributed by atoms with Gasteiger partial charge in [0.2, 0.25) is 0 Å². The largest absolute Gasteiger partial charge is 0.462 e. The van der Waals surface area contributed by atoms with E-state index in [2.05, 4.69) is 4.98 Å². The number of halogens is 1. The molecule has 0 spiro atoms. The van der Waals surface area contributed by atoms with Gasteiger partial charge in [-0.3, -0.25) is 0 Å². The van der Waals surface area contributed by atoms with Gasteiger partial charge in [-0.1, -0.05) is 12.1 Å². The Morgan fingerprint density at radius 1 is 1.50 bits per heavy atom. The van der Waals surface area contributed by atoms with Crippen molar-refractivity contribution in [3.8, 4) is 0 Å². The number of ether oxygens (including phenoxy) is 1. The van der Waals surface area contributed by atoms with E-state index in [1.165, 1.54) is 6.07 Å². The number of para-hydroxylation sites is 1. The summed E-state index contributed by atoms with van der Waals surface area (Å²) >= 11 is 0. The van der Waals surface area contributed by atoms with Crippen molar-refractivity contribution in [2.24, 2.45) is 0 Å². The maximum Gasteiger partial charge on any atom is 0.340 e. The van der Waals surface area contributed by atoms with Gasteiger partial charge in [0.15, 0.2) is 0 Å². The topological polar surface area (TPSA) is 42.1 Å². The molecule has 1 N–H and O–H groups in total. The molecule has 0 bridgehead atoms. The summed E-state index contributed by atoms with van der Waals surface area (Å²) in [6.07, 6.45) is 0. The van der Waals surface area contributed by atoms with Gasteiger partial charge in [0.25, 0.3) is 0 Å². The lowest BCUT2D eigenvalue weighted by Gasteiger charge is -2.01. The van der Waals surface area contributed by atoms with Crippen LogP contribution in [0.15, 0.2) is 18.2 Å². The molecule has 84 valence electrons. The summed E-state index contributed by atoms with van der Waals surface area (Å²) in [7, 11) is 0. The van der Waals surface area contributed by atoms with Crippen LogP contribution in [-0.2, 0) is 4.74 Å². The summed E-state index contributed by atoms with van der Waals surface area (Å²) in [5.74, 6) is -0.784. The fraction of sp³-hybridized carbons (Fsp3) is 0.250. The zero-order valence-corrected chi connectivity index (χ0v) is 9.13. The van der Waals surface area contributed by atoms with Crippen LogP contribution in [0.3, 0.4) is 0 Å². The number of benzene rings is 1. The van der Waals surface area contributed by atoms with Crippen LogP contribution in [0.4, 0.5) is 4.39 Å². The van der Waals surface area contributed by atoms with Gasteiger partial charge in [-0.25, -0.2) is 9.18 Å². The number of carbonyl (C=O) groups excluding carboxylic acids is 1. The van der Waals surface area contributed by atoms with Gasteiger partial charge in [0.05, 0.1) is 17.7 Å². The molecule has 1 aromatic heterocycles. The summed E-state index contributed by atoms with van der Waals surface area (Å²) in [6.45, 7) is 3.77. The second-order valence-corrected chi connectivity index (χ2v) is 3.51. The molecule has 0 aliphatic rings. The van der Waals surface area contributed by atoms with E-state index in [1.807, 2.05) is 0 Å². The number of hydrogen-bond donors (Lipinski definition) is 1. The number of rotatable bonds is 2. The van der Waals surface area contributed by atoms with Crippen molar-refractivity contribution in [1.82, 2.24) is 4.98 Å². The Labute approximate surface area is 92.2 Å². The summed E-state index contributed by atoms with van der Waals surface area (Å²) in [4.78, 5) is 14.5. The minimum absolute atomic E-state index is 0.306. The molecule has 0 saturated heterocycles. The van der Waals surface area contributed by atoms with Gasteiger partial charge < -0.3 is 9.72 Å². The SMILES string of the molecule is CCOC(=O)c1c(C)[nH]c2c(F)cccc12. The molecular weight excluding hydrogens is 209 g/mol. The molecular formula is C12H12FNO2. The summed E-state index contributed by atoms with van der Waals surface area (Å²) in [5.41, 5.74) is 1.39. The first-order valence-corrected chi connectivity index (χ1v) is 5.09. The number of esters is 1. The van der Waals surface area contributed by atoms with Gasteiger partial charge in [0, 0.05) is 11.1 Å². The number of aryl methyl sites for hydroxylation is 1. The highest BCUT2D eigenvalue weighted by Gasteiger charge is 2.18. The fourth-order valence-corrected chi connectivity index (χ4v) is 1.78. The number of hydrogen-bond acceptors (Lipinski definition) is 2. The highest BCUT2D eigenvalue weighted by molar-refractivity contribution is 6.05. The Morgan fingerprint density at radius 3 is 2.94 bits per heavy atom. The maximum absolute atomic E-state index is 13.4. The summed E-state index contributed by atoms with van der Waals surface area (Å²) < 4.78 is 18.4. The molecule has 0 radical (unpaired) electrons. The first kappa shape index (κ1) is 10.7. The molecule has 0 amide bonds. The number of aromatic nitrogens is 1. The highest BCUT2D eigenvalue weighted by atomic mass is 19.1. The first-order chi connectivity index (χ1) is 7.65. The van der Waals surface area contributed by atoms with E-state index < -0.39 is 5.97 Å². The van der Waals surface area contributed by atoms with Crippen molar-refractivity contribution in [2.75, 3.05) is 6.61 Å². The van der Waals surface area contributed by atoms with Crippen LogP contribution in [0.5, 0.6) is 0 Å². The van der Waals surface area contributed by atoms with Crippen molar-refractivity contribution in [2.45, 2.75) is 13.8 Å². The van der Waals surface area contributed by atoms with Gasteiger partial charge in [-0.2, -0.15) is 0 Å². The number of carbonyl (C=O) groups is 1. The van der Waals surface area contributed by atoms with Crippen LogP contribution in [0.25, 0.3) is 10.9 Å². The molecule has 1 heterocycles. The standard InChI is InChI=1S/C12H12FNO2/c1-3-16-12(15)10-7(2)14-11-8(10)5-4-6-9(11)13/h4-6,14H,3H2,1-2H3. The van der Waals surface area contributed by atoms with E-state index >= 15 is 0 Å². The van der Waals surface area contributed by atoms with Crippen molar-refractivity contribution in [3.05, 3.63) is 35.3 Å². The molecule has 2 rings (SSSR count). The minimum atomic E-state index is -0.420. The van der Waals surface area contributed by atoms with E-state index in [9.17, 15) is 9.18 Å². The second kappa shape index (κ2) is 3.96. The van der Waals surface area contributed by atoms with Gasteiger partial charge >= 0.3 is 5.97 Å². The molecule has 2 aromatic rings. The summed E-state index contributed by atoms with van der Waals surface area (Å²) in [6, 6.07) is 4.63. The third-order valence-electron chi connectivity index (χ3n) is 2.45. The lowest BCUT2D eigenvalue weighted by molar-refractivity contribution is 0.0528. The van der Waals surface area contributed by atoms with Crippen LogP contribution in [0.1, 0.15) is 23.0 Å². The maximum atomic E-state index is 13.4. The molecule has 0 unspecified atom stereocenters. The average Bonchev–Trinajstić information content (AvgIpc) is 2.56. The minimum Gasteiger partial charge on any atom is -0.462 e. The Bertz CT molecular complexity index is 545. The molecule has 0 atom stereocenters. The molecule has 0 saturated carbocycles. The van der Waals surface area contributed by atoms with Crippen LogP contribution in [0.2, 0.25) is 0 Å². The molecule has 4 heteroatoms. The predicted molar refractivity (Wildman–Crippen MR) is 59.0 cm³/mol. The third kappa shape index (κ3) is 1.56. The molecule has 3 nitrogen and oxygen atoms in total. The van der Waals surface area contributed by atoms with E-state index in [-0.39, 0.29) is 5.82 Å². The first-order valence-electron chi connectivity index (χ1n) is 5.09. The summed E-state index contributed by atoms with van der Waals surface area (Å²) in [5, 5.41) is 0.566. The van der Waals surface area contributed by atoms with Crippen LogP contribution < -0.4 is 0 Å². The lowest BCUT2D eigenvalue weighted by atomic mass is 10.1. The highest BCUT2D eigenvalue weighted by Crippen LogP contribution is 2.24. The number of fused-ring (bicyclic) bond motifs is 1. The fourth-order valence-electron chi connectivity index (χ4n) is 1.78.